The topological polar surface area (TPSA) is 18.5 Å². The summed E-state index contributed by atoms with van der Waals surface area (Å²) >= 11 is 3.45. The number of rotatable bonds is 13. The monoisotopic (exact) mass is 418 g/mol. The van der Waals surface area contributed by atoms with Crippen molar-refractivity contribution in [3.63, 3.8) is 0 Å². The molecule has 0 spiro atoms. The van der Waals surface area contributed by atoms with E-state index in [1.54, 1.807) is 0 Å². The normalized spacial score (nSPS) is 10.7. The van der Waals surface area contributed by atoms with Crippen LogP contribution in [-0.4, -0.2) is 18.5 Å². The molecule has 0 aliphatic rings. The Morgan fingerprint density at radius 3 is 1.50 bits per heavy atom. The fraction of sp³-hybridized carbons (Fsp3) is 0.478. The lowest BCUT2D eigenvalue weighted by atomic mass is 10.1. The highest BCUT2D eigenvalue weighted by Gasteiger charge is 2.01. The molecule has 0 atom stereocenters. The summed E-state index contributed by atoms with van der Waals surface area (Å²) in [6.45, 7) is 3.82. The molecule has 26 heavy (non-hydrogen) atoms. The van der Waals surface area contributed by atoms with Gasteiger partial charge in [-0.05, 0) is 61.1 Å². The predicted molar refractivity (Wildman–Crippen MR) is 115 cm³/mol. The van der Waals surface area contributed by atoms with Gasteiger partial charge in [-0.1, -0.05) is 66.4 Å². The Morgan fingerprint density at radius 1 is 0.615 bits per heavy atom. The summed E-state index contributed by atoms with van der Waals surface area (Å²) in [6, 6.07) is 16.7. The van der Waals surface area contributed by atoms with Gasteiger partial charge in [0.1, 0.15) is 11.5 Å². The fourth-order valence-electron chi connectivity index (χ4n) is 2.77. The van der Waals surface area contributed by atoms with E-state index in [9.17, 15) is 0 Å². The molecule has 0 aliphatic heterocycles. The van der Waals surface area contributed by atoms with E-state index < -0.39 is 0 Å². The molecule has 0 amide bonds. The van der Waals surface area contributed by atoms with Gasteiger partial charge in [0.15, 0.2) is 0 Å². The van der Waals surface area contributed by atoms with E-state index in [1.165, 1.54) is 43.2 Å². The number of hydrogen-bond donors (Lipinski definition) is 0. The van der Waals surface area contributed by atoms with Crippen LogP contribution in [0.15, 0.2) is 48.5 Å². The van der Waals surface area contributed by atoms with Gasteiger partial charge in [-0.3, -0.25) is 0 Å². The fourth-order valence-corrected chi connectivity index (χ4v) is 3.17. The Bertz CT molecular complexity index is 537. The maximum atomic E-state index is 5.81. The minimum absolute atomic E-state index is 0.788. The number of benzene rings is 2. The zero-order valence-electron chi connectivity index (χ0n) is 15.9. The van der Waals surface area contributed by atoms with Crippen molar-refractivity contribution in [2.45, 2.75) is 51.9 Å². The van der Waals surface area contributed by atoms with Crippen LogP contribution in [0.2, 0.25) is 0 Å². The second kappa shape index (κ2) is 12.8. The Labute approximate surface area is 167 Å². The molecule has 2 rings (SSSR count). The molecular weight excluding hydrogens is 388 g/mol. The molecular formula is C23H31BrO2. The standard InChI is InChI=1S/C23H31BrO2/c1-2-3-4-7-18-25-22-13-9-20(10-14-22)21-11-15-23(16-12-21)26-19-8-5-6-17-24/h9-16H,2-8,17-19H2,1H3. The predicted octanol–water partition coefficient (Wildman–Crippen LogP) is 7.26. The van der Waals surface area contributed by atoms with Gasteiger partial charge in [0.2, 0.25) is 0 Å². The largest absolute Gasteiger partial charge is 0.494 e. The lowest BCUT2D eigenvalue weighted by molar-refractivity contribution is 0.305. The number of hydrogen-bond acceptors (Lipinski definition) is 2. The minimum atomic E-state index is 0.788. The Kier molecular flexibility index (Phi) is 10.3. The summed E-state index contributed by atoms with van der Waals surface area (Å²) in [5.74, 6) is 1.90. The van der Waals surface area contributed by atoms with Gasteiger partial charge in [-0.15, -0.1) is 0 Å². The number of alkyl halides is 1. The van der Waals surface area contributed by atoms with Crippen LogP contribution >= 0.6 is 15.9 Å². The summed E-state index contributed by atoms with van der Waals surface area (Å²) in [5.41, 5.74) is 2.40. The second-order valence-electron chi connectivity index (χ2n) is 6.56. The first-order chi connectivity index (χ1) is 12.8. The smallest absolute Gasteiger partial charge is 0.119 e. The molecule has 142 valence electrons. The zero-order chi connectivity index (χ0) is 18.5. The highest BCUT2D eigenvalue weighted by atomic mass is 79.9. The van der Waals surface area contributed by atoms with Crippen molar-refractivity contribution in [2.75, 3.05) is 18.5 Å². The third-order valence-corrected chi connectivity index (χ3v) is 4.92. The maximum Gasteiger partial charge on any atom is 0.119 e. The highest BCUT2D eigenvalue weighted by molar-refractivity contribution is 9.09. The van der Waals surface area contributed by atoms with Gasteiger partial charge >= 0.3 is 0 Å². The van der Waals surface area contributed by atoms with Crippen molar-refractivity contribution in [3.8, 4) is 22.6 Å². The summed E-state index contributed by atoms with van der Waals surface area (Å²) in [7, 11) is 0. The van der Waals surface area contributed by atoms with Crippen LogP contribution in [0.25, 0.3) is 11.1 Å². The van der Waals surface area contributed by atoms with E-state index in [4.69, 9.17) is 9.47 Å². The van der Waals surface area contributed by atoms with Crippen molar-refractivity contribution in [3.05, 3.63) is 48.5 Å². The molecule has 0 bridgehead atoms. The molecule has 3 heteroatoms. The molecule has 2 aromatic carbocycles. The first kappa shape index (κ1) is 20.8. The third kappa shape index (κ3) is 7.82. The van der Waals surface area contributed by atoms with Crippen molar-refractivity contribution >= 4 is 15.9 Å². The van der Waals surface area contributed by atoms with Crippen LogP contribution in [0.4, 0.5) is 0 Å². The zero-order valence-corrected chi connectivity index (χ0v) is 17.5. The van der Waals surface area contributed by atoms with E-state index in [0.29, 0.717) is 0 Å². The van der Waals surface area contributed by atoms with Gasteiger partial charge in [0.25, 0.3) is 0 Å². The van der Waals surface area contributed by atoms with Crippen molar-refractivity contribution in [2.24, 2.45) is 0 Å². The van der Waals surface area contributed by atoms with E-state index in [0.717, 1.165) is 42.9 Å². The van der Waals surface area contributed by atoms with Gasteiger partial charge in [-0.2, -0.15) is 0 Å². The van der Waals surface area contributed by atoms with Crippen molar-refractivity contribution in [1.29, 1.82) is 0 Å². The molecule has 0 fully saturated rings. The average Bonchev–Trinajstić information content (AvgIpc) is 2.69. The van der Waals surface area contributed by atoms with Gasteiger partial charge < -0.3 is 9.47 Å². The SMILES string of the molecule is CCCCCCOc1ccc(-c2ccc(OCCCCCBr)cc2)cc1. The molecule has 0 radical (unpaired) electrons. The first-order valence-electron chi connectivity index (χ1n) is 9.85. The lowest BCUT2D eigenvalue weighted by Crippen LogP contribution is -1.97. The van der Waals surface area contributed by atoms with Crippen LogP contribution < -0.4 is 9.47 Å². The molecule has 0 saturated heterocycles. The molecule has 0 aliphatic carbocycles. The molecule has 0 unspecified atom stereocenters. The van der Waals surface area contributed by atoms with E-state index in [2.05, 4.69) is 71.4 Å². The van der Waals surface area contributed by atoms with Crippen LogP contribution in [0.1, 0.15) is 51.9 Å². The Balaban J connectivity index is 1.77. The van der Waals surface area contributed by atoms with Gasteiger partial charge in [0.05, 0.1) is 13.2 Å². The second-order valence-corrected chi connectivity index (χ2v) is 7.35. The quantitative estimate of drug-likeness (QED) is 0.251. The molecule has 0 aromatic heterocycles. The number of ether oxygens (including phenoxy) is 2. The van der Waals surface area contributed by atoms with E-state index in [1.807, 2.05) is 0 Å². The van der Waals surface area contributed by atoms with Crippen LogP contribution in [0.5, 0.6) is 11.5 Å². The number of unbranched alkanes of at least 4 members (excludes halogenated alkanes) is 5. The molecule has 0 saturated carbocycles. The molecule has 0 N–H and O–H groups in total. The molecule has 2 aromatic rings. The first-order valence-corrected chi connectivity index (χ1v) is 11.0. The summed E-state index contributed by atoms with van der Waals surface area (Å²) < 4.78 is 11.6. The minimum Gasteiger partial charge on any atom is -0.494 e. The summed E-state index contributed by atoms with van der Waals surface area (Å²) in [4.78, 5) is 0. The number of halogens is 1. The van der Waals surface area contributed by atoms with Crippen LogP contribution in [0.3, 0.4) is 0 Å². The van der Waals surface area contributed by atoms with Gasteiger partial charge in [-0.25, -0.2) is 0 Å². The Morgan fingerprint density at radius 2 is 1.08 bits per heavy atom. The average molecular weight is 419 g/mol. The lowest BCUT2D eigenvalue weighted by Gasteiger charge is -2.09. The highest BCUT2D eigenvalue weighted by Crippen LogP contribution is 2.25. The summed E-state index contributed by atoms with van der Waals surface area (Å²) in [5, 5.41) is 1.07. The maximum absolute atomic E-state index is 5.81. The van der Waals surface area contributed by atoms with E-state index >= 15 is 0 Å². The molecule has 2 nitrogen and oxygen atoms in total. The Hall–Kier alpha value is -1.48. The third-order valence-electron chi connectivity index (χ3n) is 4.36. The van der Waals surface area contributed by atoms with Crippen molar-refractivity contribution < 1.29 is 9.47 Å². The molecule has 0 heterocycles. The van der Waals surface area contributed by atoms with E-state index in [-0.39, 0.29) is 0 Å². The van der Waals surface area contributed by atoms with Gasteiger partial charge in [0, 0.05) is 5.33 Å². The summed E-state index contributed by atoms with van der Waals surface area (Å²) in [6.07, 6.45) is 8.45. The van der Waals surface area contributed by atoms with Crippen LogP contribution in [-0.2, 0) is 0 Å². The van der Waals surface area contributed by atoms with Crippen LogP contribution in [0, 0.1) is 0 Å². The van der Waals surface area contributed by atoms with Crippen molar-refractivity contribution in [1.82, 2.24) is 0 Å².